The maximum absolute atomic E-state index is 13.6. The average molecular weight is 267 g/mol. The number of fused-ring (bicyclic) bond motifs is 1. The van der Waals surface area contributed by atoms with Crippen LogP contribution in [0.5, 0.6) is 0 Å². The predicted octanol–water partition coefficient (Wildman–Crippen LogP) is 1.39. The van der Waals surface area contributed by atoms with Crippen molar-refractivity contribution in [2.24, 2.45) is 5.92 Å². The third-order valence-electron chi connectivity index (χ3n) is 3.38. The molecule has 0 aromatic carbocycles. The summed E-state index contributed by atoms with van der Waals surface area (Å²) >= 11 is 0. The topological polar surface area (TPSA) is 54.2 Å². The molecule has 0 saturated carbocycles. The zero-order chi connectivity index (χ0) is 13.3. The number of halogens is 2. The van der Waals surface area contributed by atoms with Gasteiger partial charge in [0.1, 0.15) is 0 Å². The highest BCUT2D eigenvalue weighted by Crippen LogP contribution is 2.29. The number of aromatic nitrogens is 3. The van der Waals surface area contributed by atoms with Gasteiger partial charge in [-0.3, -0.25) is 0 Å². The molecular formula is C12H15F2N5. The fourth-order valence-electron chi connectivity index (χ4n) is 2.26. The normalized spacial score (nSPS) is 22.5. The lowest BCUT2D eigenvalue weighted by Crippen LogP contribution is -2.48. The van der Waals surface area contributed by atoms with Gasteiger partial charge in [0, 0.05) is 18.7 Å². The molecule has 0 amide bonds. The lowest BCUT2D eigenvalue weighted by molar-refractivity contribution is -0.0678. The molecule has 1 atom stereocenters. The molecule has 1 unspecified atom stereocenters. The van der Waals surface area contributed by atoms with Crippen LogP contribution < -0.4 is 10.6 Å². The molecule has 2 aromatic heterocycles. The third-order valence-corrected chi connectivity index (χ3v) is 3.38. The number of pyridine rings is 1. The Morgan fingerprint density at radius 1 is 1.47 bits per heavy atom. The van der Waals surface area contributed by atoms with Crippen molar-refractivity contribution in [1.29, 1.82) is 0 Å². The Morgan fingerprint density at radius 3 is 3.16 bits per heavy atom. The van der Waals surface area contributed by atoms with E-state index in [1.54, 1.807) is 10.7 Å². The van der Waals surface area contributed by atoms with Gasteiger partial charge in [0.25, 0.3) is 5.92 Å². The van der Waals surface area contributed by atoms with Gasteiger partial charge in [0.05, 0.1) is 6.54 Å². The van der Waals surface area contributed by atoms with E-state index in [0.717, 1.165) is 0 Å². The lowest BCUT2D eigenvalue weighted by atomic mass is 9.94. The number of anilines is 1. The van der Waals surface area contributed by atoms with E-state index in [1.807, 2.05) is 18.2 Å². The second-order valence-corrected chi connectivity index (χ2v) is 4.74. The first-order chi connectivity index (χ1) is 9.15. The van der Waals surface area contributed by atoms with Crippen LogP contribution in [0, 0.1) is 5.92 Å². The van der Waals surface area contributed by atoms with Crippen LogP contribution in [0.25, 0.3) is 5.65 Å². The number of piperidine rings is 1. The van der Waals surface area contributed by atoms with Crippen molar-refractivity contribution in [2.45, 2.75) is 12.3 Å². The standard InChI is InChI=1S/C12H15F2N5/c13-12(14)8-15-5-4-9(12)7-16-11-17-10-3-1-2-6-19(10)18-11/h1-3,6,9,15H,4-5,7-8H2,(H,16,18). The summed E-state index contributed by atoms with van der Waals surface area (Å²) in [5.74, 6) is -2.97. The quantitative estimate of drug-likeness (QED) is 0.882. The van der Waals surface area contributed by atoms with Crippen LogP contribution in [0.4, 0.5) is 14.7 Å². The molecule has 0 spiro atoms. The van der Waals surface area contributed by atoms with E-state index in [2.05, 4.69) is 20.7 Å². The molecule has 102 valence electrons. The molecule has 1 fully saturated rings. The number of hydrogen-bond donors (Lipinski definition) is 2. The Bertz CT molecular complexity index is 535. The molecule has 0 bridgehead atoms. The van der Waals surface area contributed by atoms with E-state index < -0.39 is 11.8 Å². The summed E-state index contributed by atoms with van der Waals surface area (Å²) < 4.78 is 28.9. The first-order valence-electron chi connectivity index (χ1n) is 6.29. The van der Waals surface area contributed by atoms with E-state index in [4.69, 9.17) is 0 Å². The molecule has 19 heavy (non-hydrogen) atoms. The van der Waals surface area contributed by atoms with Gasteiger partial charge in [-0.1, -0.05) is 6.07 Å². The van der Waals surface area contributed by atoms with E-state index in [0.29, 0.717) is 24.6 Å². The maximum Gasteiger partial charge on any atom is 0.264 e. The number of alkyl halides is 2. The van der Waals surface area contributed by atoms with Crippen molar-refractivity contribution in [3.63, 3.8) is 0 Å². The fraction of sp³-hybridized carbons (Fsp3) is 0.500. The predicted molar refractivity (Wildman–Crippen MR) is 67.4 cm³/mol. The number of rotatable bonds is 3. The zero-order valence-electron chi connectivity index (χ0n) is 10.3. The second-order valence-electron chi connectivity index (χ2n) is 4.74. The minimum Gasteiger partial charge on any atom is -0.352 e. The van der Waals surface area contributed by atoms with Crippen molar-refractivity contribution in [3.05, 3.63) is 24.4 Å². The molecule has 0 radical (unpaired) electrons. The molecule has 5 nitrogen and oxygen atoms in total. The Kier molecular flexibility index (Phi) is 3.06. The van der Waals surface area contributed by atoms with Gasteiger partial charge >= 0.3 is 0 Å². The summed E-state index contributed by atoms with van der Waals surface area (Å²) in [6.45, 7) is 0.560. The molecule has 1 saturated heterocycles. The average Bonchev–Trinajstić information content (AvgIpc) is 2.79. The Labute approximate surface area is 109 Å². The second kappa shape index (κ2) is 4.73. The largest absolute Gasteiger partial charge is 0.352 e. The molecular weight excluding hydrogens is 252 g/mol. The Balaban J connectivity index is 1.68. The van der Waals surface area contributed by atoms with Crippen molar-refractivity contribution in [2.75, 3.05) is 25.0 Å². The molecule has 2 aromatic rings. The van der Waals surface area contributed by atoms with E-state index in [1.165, 1.54) is 0 Å². The summed E-state index contributed by atoms with van der Waals surface area (Å²) in [6.07, 6.45) is 2.22. The first kappa shape index (κ1) is 12.3. The molecule has 7 heteroatoms. The number of nitrogens with one attached hydrogen (secondary N) is 2. The van der Waals surface area contributed by atoms with Gasteiger partial charge in [0.2, 0.25) is 5.95 Å². The summed E-state index contributed by atoms with van der Waals surface area (Å²) in [4.78, 5) is 4.23. The van der Waals surface area contributed by atoms with E-state index >= 15 is 0 Å². The highest BCUT2D eigenvalue weighted by atomic mass is 19.3. The van der Waals surface area contributed by atoms with Crippen LogP contribution in [-0.4, -0.2) is 40.2 Å². The maximum atomic E-state index is 13.6. The van der Waals surface area contributed by atoms with Gasteiger partial charge in [-0.05, 0) is 25.1 Å². The van der Waals surface area contributed by atoms with Gasteiger partial charge in [0.15, 0.2) is 5.65 Å². The SMILES string of the molecule is FC1(F)CNCCC1CNc1nc2ccccn2n1. The molecule has 1 aliphatic heterocycles. The number of nitrogens with zero attached hydrogens (tertiary/aromatic N) is 3. The monoisotopic (exact) mass is 267 g/mol. The summed E-state index contributed by atoms with van der Waals surface area (Å²) in [7, 11) is 0. The minimum atomic E-state index is -2.68. The molecule has 0 aliphatic carbocycles. The van der Waals surface area contributed by atoms with E-state index in [9.17, 15) is 8.78 Å². The Hall–Kier alpha value is -1.76. The first-order valence-corrected chi connectivity index (χ1v) is 6.29. The van der Waals surface area contributed by atoms with Crippen molar-refractivity contribution in [3.8, 4) is 0 Å². The van der Waals surface area contributed by atoms with Gasteiger partial charge in [-0.15, -0.1) is 5.10 Å². The van der Waals surface area contributed by atoms with Crippen LogP contribution in [0.2, 0.25) is 0 Å². The number of hydrogen-bond acceptors (Lipinski definition) is 4. The van der Waals surface area contributed by atoms with Crippen molar-refractivity contribution >= 4 is 11.6 Å². The van der Waals surface area contributed by atoms with Crippen LogP contribution in [0.1, 0.15) is 6.42 Å². The fourth-order valence-corrected chi connectivity index (χ4v) is 2.26. The summed E-state index contributed by atoms with van der Waals surface area (Å²) in [5.41, 5.74) is 0.696. The lowest BCUT2D eigenvalue weighted by Gasteiger charge is -2.31. The van der Waals surface area contributed by atoms with Crippen molar-refractivity contribution < 1.29 is 8.78 Å². The smallest absolute Gasteiger partial charge is 0.264 e. The summed E-state index contributed by atoms with van der Waals surface area (Å²) in [6, 6.07) is 5.51. The molecule has 1 aliphatic rings. The van der Waals surface area contributed by atoms with E-state index in [-0.39, 0.29) is 13.1 Å². The van der Waals surface area contributed by atoms with Crippen LogP contribution in [0.3, 0.4) is 0 Å². The van der Waals surface area contributed by atoms with Crippen molar-refractivity contribution in [1.82, 2.24) is 19.9 Å². The van der Waals surface area contributed by atoms with Gasteiger partial charge < -0.3 is 10.6 Å². The zero-order valence-corrected chi connectivity index (χ0v) is 10.3. The highest BCUT2D eigenvalue weighted by molar-refractivity contribution is 5.42. The van der Waals surface area contributed by atoms with Gasteiger partial charge in [-0.25, -0.2) is 13.3 Å². The third kappa shape index (κ3) is 2.51. The summed E-state index contributed by atoms with van der Waals surface area (Å²) in [5, 5.41) is 9.80. The van der Waals surface area contributed by atoms with Crippen LogP contribution >= 0.6 is 0 Å². The molecule has 3 rings (SSSR count). The Morgan fingerprint density at radius 2 is 2.37 bits per heavy atom. The minimum absolute atomic E-state index is 0.186. The van der Waals surface area contributed by atoms with Crippen LogP contribution in [0.15, 0.2) is 24.4 Å². The molecule has 2 N–H and O–H groups in total. The highest BCUT2D eigenvalue weighted by Gasteiger charge is 2.41. The van der Waals surface area contributed by atoms with Crippen LogP contribution in [-0.2, 0) is 0 Å². The van der Waals surface area contributed by atoms with Gasteiger partial charge in [-0.2, -0.15) is 4.98 Å². The molecule has 3 heterocycles.